The van der Waals surface area contributed by atoms with Gasteiger partial charge in [0, 0.05) is 5.71 Å². The molecule has 2 amide bonds. The predicted octanol–water partition coefficient (Wildman–Crippen LogP) is 2.20. The number of primary amides is 1. The molecule has 0 aliphatic heterocycles. The first-order chi connectivity index (χ1) is 10.1. The molecule has 1 fully saturated rings. The monoisotopic (exact) mass is 289 g/mol. The van der Waals surface area contributed by atoms with Gasteiger partial charge in [-0.15, -0.1) is 0 Å². The van der Waals surface area contributed by atoms with Crippen molar-refractivity contribution in [3.8, 4) is 0 Å². The van der Waals surface area contributed by atoms with E-state index < -0.39 is 6.03 Å². The summed E-state index contributed by atoms with van der Waals surface area (Å²) >= 11 is 0. The molecule has 112 valence electrons. The van der Waals surface area contributed by atoms with Crippen LogP contribution in [0.4, 0.5) is 4.79 Å². The van der Waals surface area contributed by atoms with Crippen LogP contribution in [0.25, 0.3) is 0 Å². The number of nitrogens with zero attached hydrogens (tertiary/aromatic N) is 1. The highest BCUT2D eigenvalue weighted by Crippen LogP contribution is 2.20. The fraction of sp³-hybridized carbons (Fsp3) is 0.400. The van der Waals surface area contributed by atoms with E-state index in [1.165, 1.54) is 0 Å². The lowest BCUT2D eigenvalue weighted by Crippen LogP contribution is -2.25. The Morgan fingerprint density at radius 2 is 1.95 bits per heavy atom. The maximum atomic E-state index is 12.0. The second-order valence-corrected chi connectivity index (χ2v) is 4.98. The highest BCUT2D eigenvalue weighted by atomic mass is 16.5. The highest BCUT2D eigenvalue weighted by Gasteiger charge is 2.20. The second-order valence-electron chi connectivity index (χ2n) is 4.98. The molecule has 0 heterocycles. The third kappa shape index (κ3) is 4.91. The molecule has 0 spiro atoms. The van der Waals surface area contributed by atoms with E-state index in [0.717, 1.165) is 25.0 Å². The van der Waals surface area contributed by atoms with Gasteiger partial charge < -0.3 is 10.5 Å². The molecule has 2 rings (SSSR count). The van der Waals surface area contributed by atoms with Gasteiger partial charge in [0.15, 0.2) is 0 Å². The minimum atomic E-state index is -0.668. The maximum absolute atomic E-state index is 12.0. The van der Waals surface area contributed by atoms with Crippen LogP contribution in [0.5, 0.6) is 0 Å². The fourth-order valence-electron chi connectivity index (χ4n) is 2.29. The van der Waals surface area contributed by atoms with E-state index in [9.17, 15) is 9.59 Å². The first-order valence-electron chi connectivity index (χ1n) is 7.02. The normalized spacial score (nSPS) is 20.6. The Morgan fingerprint density at radius 1 is 1.19 bits per heavy atom. The molecule has 0 radical (unpaired) electrons. The number of hydrogen-bond donors (Lipinski definition) is 2. The van der Waals surface area contributed by atoms with Crippen LogP contribution < -0.4 is 11.2 Å². The molecule has 0 aromatic heterocycles. The molecule has 21 heavy (non-hydrogen) atoms. The lowest BCUT2D eigenvalue weighted by molar-refractivity contribution is 0.0270. The van der Waals surface area contributed by atoms with Crippen molar-refractivity contribution in [3.05, 3.63) is 35.9 Å². The Bertz CT molecular complexity index is 528. The molecule has 1 atom stereocenters. The molecule has 3 N–H and O–H groups in total. The summed E-state index contributed by atoms with van der Waals surface area (Å²) in [7, 11) is 0. The average molecular weight is 289 g/mol. The lowest BCUT2D eigenvalue weighted by Gasteiger charge is -2.15. The SMILES string of the molecule is NC(=O)N/N=C1\CCCC(OC(=O)c2ccccc2)CC1. The van der Waals surface area contributed by atoms with Gasteiger partial charge in [0.25, 0.3) is 0 Å². The highest BCUT2D eigenvalue weighted by molar-refractivity contribution is 5.89. The zero-order valence-corrected chi connectivity index (χ0v) is 11.7. The molecular formula is C15H19N3O3. The Hall–Kier alpha value is -2.37. The van der Waals surface area contributed by atoms with Crippen LogP contribution in [-0.4, -0.2) is 23.8 Å². The lowest BCUT2D eigenvalue weighted by atomic mass is 10.1. The van der Waals surface area contributed by atoms with Crippen LogP contribution in [0, 0.1) is 0 Å². The molecule has 1 aliphatic carbocycles. The predicted molar refractivity (Wildman–Crippen MR) is 78.9 cm³/mol. The summed E-state index contributed by atoms with van der Waals surface area (Å²) in [5.74, 6) is -0.295. The van der Waals surface area contributed by atoms with E-state index in [0.29, 0.717) is 18.4 Å². The molecule has 0 saturated heterocycles. The molecule has 1 saturated carbocycles. The van der Waals surface area contributed by atoms with Crippen molar-refractivity contribution in [1.82, 2.24) is 5.43 Å². The minimum absolute atomic E-state index is 0.112. The van der Waals surface area contributed by atoms with Crippen molar-refractivity contribution in [2.75, 3.05) is 0 Å². The Morgan fingerprint density at radius 3 is 2.67 bits per heavy atom. The van der Waals surface area contributed by atoms with Gasteiger partial charge in [-0.25, -0.2) is 15.0 Å². The third-order valence-corrected chi connectivity index (χ3v) is 3.35. The van der Waals surface area contributed by atoms with Crippen LogP contribution >= 0.6 is 0 Å². The standard InChI is InChI=1S/C15H19N3O3/c16-15(20)18-17-12-7-4-8-13(10-9-12)21-14(19)11-5-2-1-3-6-11/h1-3,5-6,13H,4,7-10H2,(H3,16,18,20)/b17-12+. The number of amides is 2. The maximum Gasteiger partial charge on any atom is 0.338 e. The number of ether oxygens (including phenoxy) is 1. The number of nitrogens with one attached hydrogen (secondary N) is 1. The van der Waals surface area contributed by atoms with Gasteiger partial charge in [-0.3, -0.25) is 0 Å². The average Bonchev–Trinajstić information content (AvgIpc) is 2.71. The number of nitrogens with two attached hydrogens (primary N) is 1. The zero-order chi connectivity index (χ0) is 15.1. The molecule has 6 heteroatoms. The Balaban J connectivity index is 1.87. The van der Waals surface area contributed by atoms with Crippen LogP contribution in [0.15, 0.2) is 35.4 Å². The number of hydrazone groups is 1. The largest absolute Gasteiger partial charge is 0.459 e. The van der Waals surface area contributed by atoms with Gasteiger partial charge in [-0.2, -0.15) is 5.10 Å². The number of esters is 1. The summed E-state index contributed by atoms with van der Waals surface area (Å²) in [5.41, 5.74) is 8.67. The topological polar surface area (TPSA) is 93.8 Å². The van der Waals surface area contributed by atoms with Crippen LogP contribution in [0.2, 0.25) is 0 Å². The zero-order valence-electron chi connectivity index (χ0n) is 11.7. The van der Waals surface area contributed by atoms with Gasteiger partial charge in [0.1, 0.15) is 6.10 Å². The number of benzene rings is 1. The number of carbonyl (C=O) groups is 2. The number of hydrogen-bond acceptors (Lipinski definition) is 4. The van der Waals surface area contributed by atoms with E-state index in [4.69, 9.17) is 10.5 Å². The molecular weight excluding hydrogens is 270 g/mol. The summed E-state index contributed by atoms with van der Waals surface area (Å²) in [6, 6.07) is 8.29. The summed E-state index contributed by atoms with van der Waals surface area (Å²) < 4.78 is 5.53. The smallest absolute Gasteiger partial charge is 0.338 e. The van der Waals surface area contributed by atoms with Gasteiger partial charge in [0.2, 0.25) is 0 Å². The minimum Gasteiger partial charge on any atom is -0.459 e. The third-order valence-electron chi connectivity index (χ3n) is 3.35. The summed E-state index contributed by atoms with van der Waals surface area (Å²) in [6.45, 7) is 0. The number of carbonyl (C=O) groups excluding carboxylic acids is 2. The van der Waals surface area contributed by atoms with Crippen LogP contribution in [0.1, 0.15) is 42.5 Å². The Kier molecular flexibility index (Phi) is 5.31. The summed E-state index contributed by atoms with van der Waals surface area (Å²) in [5, 5.41) is 3.97. The van der Waals surface area contributed by atoms with E-state index in [-0.39, 0.29) is 12.1 Å². The van der Waals surface area contributed by atoms with Crippen molar-refractivity contribution >= 4 is 17.7 Å². The van der Waals surface area contributed by atoms with E-state index in [2.05, 4.69) is 10.5 Å². The van der Waals surface area contributed by atoms with Gasteiger partial charge >= 0.3 is 12.0 Å². The van der Waals surface area contributed by atoms with E-state index >= 15 is 0 Å². The van der Waals surface area contributed by atoms with Crippen molar-refractivity contribution in [2.45, 2.75) is 38.2 Å². The molecule has 1 aliphatic rings. The van der Waals surface area contributed by atoms with Gasteiger partial charge in [-0.1, -0.05) is 18.2 Å². The van der Waals surface area contributed by atoms with Crippen LogP contribution in [-0.2, 0) is 4.74 Å². The molecule has 0 bridgehead atoms. The number of rotatable bonds is 3. The quantitative estimate of drug-likeness (QED) is 0.507. The molecule has 6 nitrogen and oxygen atoms in total. The molecule has 1 aromatic rings. The first-order valence-corrected chi connectivity index (χ1v) is 7.02. The van der Waals surface area contributed by atoms with Crippen molar-refractivity contribution in [1.29, 1.82) is 0 Å². The van der Waals surface area contributed by atoms with Crippen molar-refractivity contribution in [2.24, 2.45) is 10.8 Å². The molecule has 1 unspecified atom stereocenters. The summed E-state index contributed by atoms with van der Waals surface area (Å²) in [4.78, 5) is 22.6. The van der Waals surface area contributed by atoms with E-state index in [1.807, 2.05) is 18.2 Å². The fourth-order valence-corrected chi connectivity index (χ4v) is 2.29. The first kappa shape index (κ1) is 15.0. The van der Waals surface area contributed by atoms with E-state index in [1.54, 1.807) is 12.1 Å². The molecule has 1 aromatic carbocycles. The van der Waals surface area contributed by atoms with Gasteiger partial charge in [0.05, 0.1) is 5.56 Å². The number of urea groups is 1. The van der Waals surface area contributed by atoms with Gasteiger partial charge in [-0.05, 0) is 44.2 Å². The van der Waals surface area contributed by atoms with Crippen LogP contribution in [0.3, 0.4) is 0 Å². The van der Waals surface area contributed by atoms with Crippen molar-refractivity contribution < 1.29 is 14.3 Å². The second kappa shape index (κ2) is 7.42. The van der Waals surface area contributed by atoms with Crippen molar-refractivity contribution in [3.63, 3.8) is 0 Å². The summed E-state index contributed by atoms with van der Waals surface area (Å²) in [6.07, 6.45) is 3.73. The Labute approximate surface area is 123 Å².